The molecule has 2 aromatic carbocycles. The van der Waals surface area contributed by atoms with Gasteiger partial charge in [0.05, 0.1) is 34.8 Å². The number of rotatable bonds is 9. The molecule has 192 valence electrons. The van der Waals surface area contributed by atoms with E-state index < -0.39 is 15.1 Å². The second-order valence-corrected chi connectivity index (χ2v) is 11.6. The van der Waals surface area contributed by atoms with Crippen LogP contribution in [0, 0.1) is 0 Å². The summed E-state index contributed by atoms with van der Waals surface area (Å²) in [4.78, 5) is 8.97. The van der Waals surface area contributed by atoms with Crippen LogP contribution in [0.4, 0.5) is 23.1 Å². The van der Waals surface area contributed by atoms with Crippen molar-refractivity contribution >= 4 is 44.6 Å². The molecule has 4 rings (SSSR count). The first kappa shape index (κ1) is 26.2. The van der Waals surface area contributed by atoms with Crippen LogP contribution in [0.3, 0.4) is 0 Å². The largest absolute Gasteiger partial charge is 0.495 e. The second kappa shape index (κ2) is 11.0. The molecule has 0 bridgehead atoms. The number of methoxy groups -OCH3 is 1. The van der Waals surface area contributed by atoms with Gasteiger partial charge in [-0.05, 0) is 68.6 Å². The predicted molar refractivity (Wildman–Crippen MR) is 142 cm³/mol. The maximum atomic E-state index is 12.8. The number of hydrogen-bond acceptors (Lipinski definition) is 9. The molecule has 0 spiro atoms. The van der Waals surface area contributed by atoms with Crippen molar-refractivity contribution in [3.05, 3.63) is 58.7 Å². The fourth-order valence-corrected chi connectivity index (χ4v) is 5.50. The number of sulfone groups is 1. The Morgan fingerprint density at radius 1 is 1.22 bits per heavy atom. The van der Waals surface area contributed by atoms with Gasteiger partial charge in [0.1, 0.15) is 10.8 Å². The summed E-state index contributed by atoms with van der Waals surface area (Å²) in [5, 5.41) is 18.8. The third-order valence-electron chi connectivity index (χ3n) is 6.10. The van der Waals surface area contributed by atoms with Crippen LogP contribution in [0.2, 0.25) is 5.02 Å². The number of aromatic nitrogens is 2. The van der Waals surface area contributed by atoms with E-state index in [-0.39, 0.29) is 34.3 Å². The van der Waals surface area contributed by atoms with E-state index in [2.05, 4.69) is 25.9 Å². The molecule has 1 atom stereocenters. The number of hydrogen-bond donors (Lipinski definition) is 4. The van der Waals surface area contributed by atoms with Gasteiger partial charge in [0, 0.05) is 12.6 Å². The summed E-state index contributed by atoms with van der Waals surface area (Å²) < 4.78 is 31.3. The monoisotopic (exact) mass is 531 g/mol. The van der Waals surface area contributed by atoms with Gasteiger partial charge < -0.3 is 25.8 Å². The minimum Gasteiger partial charge on any atom is -0.495 e. The fraction of sp³-hybridized carbons (Fsp3) is 0.360. The van der Waals surface area contributed by atoms with Crippen LogP contribution in [0.5, 0.6) is 5.75 Å². The number of ether oxygens (including phenoxy) is 1. The van der Waals surface area contributed by atoms with Gasteiger partial charge in [-0.25, -0.2) is 13.4 Å². The smallest absolute Gasteiger partial charge is 0.229 e. The topological polar surface area (TPSA) is 125 Å². The molecule has 2 heterocycles. The first-order valence-corrected chi connectivity index (χ1v) is 13.6. The average molecular weight is 532 g/mol. The lowest BCUT2D eigenvalue weighted by atomic mass is 9.91. The van der Waals surface area contributed by atoms with Gasteiger partial charge >= 0.3 is 0 Å². The van der Waals surface area contributed by atoms with Gasteiger partial charge in [-0.2, -0.15) is 4.98 Å². The SMILES string of the molecule is COc1cc2c(cc1Nc1ncc(Cl)c(Nc3ccccc3S(=O)(=O)C(C)C)n1)CCNC2CCO. The van der Waals surface area contributed by atoms with Crippen molar-refractivity contribution in [1.82, 2.24) is 15.3 Å². The Morgan fingerprint density at radius 3 is 2.72 bits per heavy atom. The molecule has 1 aliphatic rings. The molecule has 0 saturated heterocycles. The fourth-order valence-electron chi connectivity index (χ4n) is 4.16. The van der Waals surface area contributed by atoms with E-state index in [1.54, 1.807) is 45.2 Å². The molecule has 36 heavy (non-hydrogen) atoms. The number of aliphatic hydroxyl groups excluding tert-OH is 1. The van der Waals surface area contributed by atoms with Crippen molar-refractivity contribution in [2.45, 2.75) is 42.9 Å². The maximum Gasteiger partial charge on any atom is 0.229 e. The van der Waals surface area contributed by atoms with Gasteiger partial charge in [-0.3, -0.25) is 0 Å². The highest BCUT2D eigenvalue weighted by atomic mass is 35.5. The zero-order valence-electron chi connectivity index (χ0n) is 20.4. The lowest BCUT2D eigenvalue weighted by Crippen LogP contribution is -2.30. The Balaban J connectivity index is 1.65. The molecule has 0 amide bonds. The van der Waals surface area contributed by atoms with E-state index >= 15 is 0 Å². The normalized spacial score (nSPS) is 15.4. The number of anilines is 4. The number of fused-ring (bicyclic) bond motifs is 1. The minimum atomic E-state index is -3.53. The van der Waals surface area contributed by atoms with E-state index in [1.807, 2.05) is 12.1 Å². The van der Waals surface area contributed by atoms with Gasteiger partial charge in [-0.15, -0.1) is 0 Å². The molecule has 0 radical (unpaired) electrons. The van der Waals surface area contributed by atoms with Gasteiger partial charge in [0.25, 0.3) is 0 Å². The highest BCUT2D eigenvalue weighted by Crippen LogP contribution is 2.36. The zero-order valence-corrected chi connectivity index (χ0v) is 21.9. The lowest BCUT2D eigenvalue weighted by Gasteiger charge is -2.28. The molecule has 0 fully saturated rings. The number of halogens is 1. The Bertz CT molecular complexity index is 1350. The first-order valence-electron chi connectivity index (χ1n) is 11.7. The van der Waals surface area contributed by atoms with Crippen LogP contribution in [0.1, 0.15) is 37.4 Å². The van der Waals surface area contributed by atoms with Crippen molar-refractivity contribution in [2.24, 2.45) is 0 Å². The molecule has 0 saturated carbocycles. The van der Waals surface area contributed by atoms with E-state index in [9.17, 15) is 13.5 Å². The van der Waals surface area contributed by atoms with Crippen molar-refractivity contribution < 1.29 is 18.3 Å². The highest BCUT2D eigenvalue weighted by Gasteiger charge is 2.24. The summed E-state index contributed by atoms with van der Waals surface area (Å²) >= 11 is 6.36. The number of benzene rings is 2. The Hall–Kier alpha value is -2.92. The summed E-state index contributed by atoms with van der Waals surface area (Å²) in [6, 6.07) is 10.7. The Morgan fingerprint density at radius 2 is 2.00 bits per heavy atom. The molecule has 0 aliphatic carbocycles. The molecule has 1 unspecified atom stereocenters. The summed E-state index contributed by atoms with van der Waals surface area (Å²) in [7, 11) is -1.94. The zero-order chi connectivity index (χ0) is 25.9. The van der Waals surface area contributed by atoms with Gasteiger partial charge in [-0.1, -0.05) is 23.7 Å². The van der Waals surface area contributed by atoms with Crippen LogP contribution >= 0.6 is 11.6 Å². The molecular weight excluding hydrogens is 502 g/mol. The van der Waals surface area contributed by atoms with Crippen molar-refractivity contribution in [2.75, 3.05) is 30.9 Å². The summed E-state index contributed by atoms with van der Waals surface area (Å²) in [5.74, 6) is 1.15. The van der Waals surface area contributed by atoms with Crippen LogP contribution in [0.25, 0.3) is 0 Å². The molecular formula is C25H30ClN5O4S. The average Bonchev–Trinajstić information content (AvgIpc) is 2.86. The van der Waals surface area contributed by atoms with E-state index in [4.69, 9.17) is 16.3 Å². The summed E-state index contributed by atoms with van der Waals surface area (Å²) in [6.07, 6.45) is 2.91. The van der Waals surface area contributed by atoms with Crippen LogP contribution < -0.4 is 20.7 Å². The van der Waals surface area contributed by atoms with Crippen molar-refractivity contribution in [3.63, 3.8) is 0 Å². The molecule has 1 aromatic heterocycles. The summed E-state index contributed by atoms with van der Waals surface area (Å²) in [5.41, 5.74) is 3.32. The van der Waals surface area contributed by atoms with Gasteiger partial charge in [0.2, 0.25) is 5.95 Å². The third kappa shape index (κ3) is 5.41. The van der Waals surface area contributed by atoms with E-state index in [0.717, 1.165) is 24.1 Å². The summed E-state index contributed by atoms with van der Waals surface area (Å²) in [6.45, 7) is 4.18. The number of nitrogens with zero attached hydrogens (tertiary/aromatic N) is 2. The van der Waals surface area contributed by atoms with Crippen LogP contribution in [0.15, 0.2) is 47.5 Å². The molecule has 4 N–H and O–H groups in total. The first-order chi connectivity index (χ1) is 17.2. The molecule has 1 aliphatic heterocycles. The van der Waals surface area contributed by atoms with Crippen LogP contribution in [-0.2, 0) is 16.3 Å². The number of nitrogens with one attached hydrogen (secondary N) is 3. The standard InChI is InChI=1S/C25H30ClN5O4S/c1-15(2)36(33,34)23-7-5-4-6-20(23)29-24-18(26)14-28-25(31-24)30-21-12-16-8-10-27-19(9-11-32)17(16)13-22(21)35-3/h4-7,12-15,19,27,32H,8-11H2,1-3H3,(H2,28,29,30,31). The second-order valence-electron chi connectivity index (χ2n) is 8.75. The number of para-hydroxylation sites is 1. The van der Waals surface area contributed by atoms with Crippen LogP contribution in [-0.4, -0.2) is 49.0 Å². The Labute approximate surface area is 216 Å². The third-order valence-corrected chi connectivity index (χ3v) is 8.58. The lowest BCUT2D eigenvalue weighted by molar-refractivity contribution is 0.263. The van der Waals surface area contributed by atoms with E-state index in [1.165, 1.54) is 6.20 Å². The quantitative estimate of drug-likeness (QED) is 0.318. The molecule has 9 nitrogen and oxygen atoms in total. The maximum absolute atomic E-state index is 12.8. The van der Waals surface area contributed by atoms with Crippen molar-refractivity contribution in [3.8, 4) is 5.75 Å². The van der Waals surface area contributed by atoms with Crippen molar-refractivity contribution in [1.29, 1.82) is 0 Å². The predicted octanol–water partition coefficient (Wildman–Crippen LogP) is 4.38. The molecule has 3 aromatic rings. The molecule has 11 heteroatoms. The number of aliphatic hydroxyl groups is 1. The highest BCUT2D eigenvalue weighted by molar-refractivity contribution is 7.92. The van der Waals surface area contributed by atoms with E-state index in [0.29, 0.717) is 23.5 Å². The minimum absolute atomic E-state index is 0.0615. The Kier molecular flexibility index (Phi) is 7.99. The van der Waals surface area contributed by atoms with Gasteiger partial charge in [0.15, 0.2) is 15.7 Å².